The smallest absolute Gasteiger partial charge is 0.276 e. The maximum absolute atomic E-state index is 12.1. The van der Waals surface area contributed by atoms with Gasteiger partial charge in [-0.2, -0.15) is 5.10 Å². The Kier molecular flexibility index (Phi) is 3.08. The molecule has 3 rings (SSSR count). The van der Waals surface area contributed by atoms with E-state index in [-0.39, 0.29) is 17.2 Å². The van der Waals surface area contributed by atoms with Crippen molar-refractivity contribution in [2.24, 2.45) is 0 Å². The molecule has 0 fully saturated rings. The number of anilines is 1. The third kappa shape index (κ3) is 2.33. The van der Waals surface area contributed by atoms with Crippen LogP contribution in [0.25, 0.3) is 0 Å². The predicted octanol–water partition coefficient (Wildman–Crippen LogP) is 0.968. The first kappa shape index (κ1) is 12.6. The third-order valence-corrected chi connectivity index (χ3v) is 3.30. The Morgan fingerprint density at radius 2 is 2.15 bits per heavy atom. The van der Waals surface area contributed by atoms with Crippen molar-refractivity contribution in [3.05, 3.63) is 57.5 Å². The molecule has 0 saturated heterocycles. The van der Waals surface area contributed by atoms with E-state index in [4.69, 9.17) is 0 Å². The first-order valence-electron chi connectivity index (χ1n) is 6.30. The minimum Gasteiger partial charge on any atom is -0.320 e. The number of nitrogens with zero attached hydrogens (tertiary/aromatic N) is 2. The second-order valence-electron chi connectivity index (χ2n) is 4.88. The van der Waals surface area contributed by atoms with Gasteiger partial charge >= 0.3 is 0 Å². The molecule has 0 bridgehead atoms. The fraction of sp³-hybridized carbons (Fsp3) is 0.214. The van der Waals surface area contributed by atoms with E-state index in [1.807, 2.05) is 19.2 Å². The summed E-state index contributed by atoms with van der Waals surface area (Å²) in [6.45, 7) is 1.70. The summed E-state index contributed by atoms with van der Waals surface area (Å²) in [7, 11) is 2.04. The van der Waals surface area contributed by atoms with Gasteiger partial charge in [0.15, 0.2) is 0 Å². The Bertz CT molecular complexity index is 703. The van der Waals surface area contributed by atoms with E-state index in [1.165, 1.54) is 17.7 Å². The lowest BCUT2D eigenvalue weighted by atomic mass is 10.1. The van der Waals surface area contributed by atoms with Crippen LogP contribution in [-0.2, 0) is 13.1 Å². The average molecular weight is 270 g/mol. The van der Waals surface area contributed by atoms with E-state index < -0.39 is 0 Å². The highest BCUT2D eigenvalue weighted by Gasteiger charge is 2.20. The van der Waals surface area contributed by atoms with Crippen LogP contribution < -0.4 is 10.9 Å². The molecule has 0 radical (unpaired) electrons. The van der Waals surface area contributed by atoms with E-state index in [9.17, 15) is 9.59 Å². The van der Waals surface area contributed by atoms with E-state index in [0.29, 0.717) is 0 Å². The van der Waals surface area contributed by atoms with Gasteiger partial charge in [0.1, 0.15) is 5.69 Å². The summed E-state index contributed by atoms with van der Waals surface area (Å²) in [5.41, 5.74) is 3.01. The van der Waals surface area contributed by atoms with Crippen LogP contribution in [0.15, 0.2) is 35.1 Å². The lowest BCUT2D eigenvalue weighted by molar-refractivity contribution is 0.102. The number of carbonyl (C=O) groups excluding carboxylic acids is 1. The fourth-order valence-electron chi connectivity index (χ4n) is 2.36. The molecule has 1 aliphatic rings. The zero-order valence-electron chi connectivity index (χ0n) is 11.0. The summed E-state index contributed by atoms with van der Waals surface area (Å²) in [6, 6.07) is 8.55. The molecule has 102 valence electrons. The Hall–Kier alpha value is -2.47. The lowest BCUT2D eigenvalue weighted by Crippen LogP contribution is -2.18. The van der Waals surface area contributed by atoms with Crippen molar-refractivity contribution >= 4 is 11.6 Å². The van der Waals surface area contributed by atoms with Crippen LogP contribution in [0, 0.1) is 0 Å². The molecule has 2 heterocycles. The highest BCUT2D eigenvalue weighted by Crippen LogP contribution is 2.28. The van der Waals surface area contributed by atoms with Crippen molar-refractivity contribution in [3.8, 4) is 0 Å². The number of hydrogen-bond acceptors (Lipinski definition) is 4. The number of hydrogen-bond donors (Lipinski definition) is 2. The monoisotopic (exact) mass is 270 g/mol. The number of aromatic nitrogens is 2. The standard InChI is InChI=1S/C14H14N4O2/c1-18-7-9-3-2-4-11(10(9)8-18)15-14(20)12-5-6-13(19)17-16-12/h2-6H,7-8H2,1H3,(H,15,20)(H,17,19). The molecule has 1 aromatic carbocycles. The van der Waals surface area contributed by atoms with Gasteiger partial charge in [0.2, 0.25) is 0 Å². The van der Waals surface area contributed by atoms with Gasteiger partial charge in [-0.1, -0.05) is 12.1 Å². The second kappa shape index (κ2) is 4.90. The summed E-state index contributed by atoms with van der Waals surface area (Å²) in [5, 5.41) is 8.82. The number of fused-ring (bicyclic) bond motifs is 1. The topological polar surface area (TPSA) is 78.1 Å². The number of nitrogens with one attached hydrogen (secondary N) is 2. The molecule has 0 atom stereocenters. The van der Waals surface area contributed by atoms with Gasteiger partial charge < -0.3 is 5.32 Å². The van der Waals surface area contributed by atoms with Crippen molar-refractivity contribution in [2.75, 3.05) is 12.4 Å². The summed E-state index contributed by atoms with van der Waals surface area (Å²) in [6.07, 6.45) is 0. The van der Waals surface area contributed by atoms with E-state index in [1.54, 1.807) is 0 Å². The van der Waals surface area contributed by atoms with E-state index >= 15 is 0 Å². The van der Waals surface area contributed by atoms with Gasteiger partial charge in [0, 0.05) is 24.8 Å². The van der Waals surface area contributed by atoms with Crippen molar-refractivity contribution < 1.29 is 4.79 Å². The maximum Gasteiger partial charge on any atom is 0.276 e. The molecule has 0 aliphatic carbocycles. The number of aromatic amines is 1. The zero-order valence-corrected chi connectivity index (χ0v) is 11.0. The first-order chi connectivity index (χ1) is 9.63. The normalized spacial score (nSPS) is 14.1. The van der Waals surface area contributed by atoms with Crippen molar-refractivity contribution in [2.45, 2.75) is 13.1 Å². The van der Waals surface area contributed by atoms with Crippen molar-refractivity contribution in [3.63, 3.8) is 0 Å². The molecule has 0 unspecified atom stereocenters. The zero-order chi connectivity index (χ0) is 14.1. The molecule has 6 nitrogen and oxygen atoms in total. The van der Waals surface area contributed by atoms with Gasteiger partial charge in [0.25, 0.3) is 11.5 Å². The summed E-state index contributed by atoms with van der Waals surface area (Å²) in [4.78, 5) is 25.2. The van der Waals surface area contributed by atoms with Crippen LogP contribution in [0.2, 0.25) is 0 Å². The molecule has 2 aromatic rings. The number of H-pyrrole nitrogens is 1. The van der Waals surface area contributed by atoms with E-state index in [2.05, 4.69) is 26.5 Å². The van der Waals surface area contributed by atoms with Gasteiger partial charge in [-0.25, -0.2) is 5.10 Å². The largest absolute Gasteiger partial charge is 0.320 e. The molecule has 2 N–H and O–H groups in total. The summed E-state index contributed by atoms with van der Waals surface area (Å²) in [5.74, 6) is -0.329. The highest BCUT2D eigenvalue weighted by atomic mass is 16.2. The van der Waals surface area contributed by atoms with Crippen LogP contribution in [0.4, 0.5) is 5.69 Å². The van der Waals surface area contributed by atoms with Gasteiger partial charge in [0.05, 0.1) is 0 Å². The van der Waals surface area contributed by atoms with Crippen molar-refractivity contribution in [1.29, 1.82) is 0 Å². The Balaban J connectivity index is 1.86. The summed E-state index contributed by atoms with van der Waals surface area (Å²) < 4.78 is 0. The van der Waals surface area contributed by atoms with Gasteiger partial charge in [-0.15, -0.1) is 0 Å². The van der Waals surface area contributed by atoms with Crippen LogP contribution in [0.5, 0.6) is 0 Å². The Morgan fingerprint density at radius 1 is 1.30 bits per heavy atom. The number of benzene rings is 1. The van der Waals surface area contributed by atoms with Crippen LogP contribution in [0.1, 0.15) is 21.6 Å². The molecular formula is C14H14N4O2. The number of carbonyl (C=O) groups is 1. The molecule has 0 saturated carbocycles. The molecule has 6 heteroatoms. The molecule has 20 heavy (non-hydrogen) atoms. The summed E-state index contributed by atoms with van der Waals surface area (Å²) >= 11 is 0. The quantitative estimate of drug-likeness (QED) is 0.852. The van der Waals surface area contributed by atoms with Crippen molar-refractivity contribution in [1.82, 2.24) is 15.1 Å². The third-order valence-electron chi connectivity index (χ3n) is 3.30. The molecular weight excluding hydrogens is 256 g/mol. The predicted molar refractivity (Wildman–Crippen MR) is 74.4 cm³/mol. The Labute approximate surface area is 115 Å². The van der Waals surface area contributed by atoms with Crippen LogP contribution in [0.3, 0.4) is 0 Å². The SMILES string of the molecule is CN1Cc2cccc(NC(=O)c3ccc(=O)[nH]n3)c2C1. The minimum absolute atomic E-state index is 0.188. The second-order valence-corrected chi connectivity index (χ2v) is 4.88. The minimum atomic E-state index is -0.330. The first-order valence-corrected chi connectivity index (χ1v) is 6.30. The highest BCUT2D eigenvalue weighted by molar-refractivity contribution is 6.03. The molecule has 1 amide bonds. The lowest BCUT2D eigenvalue weighted by Gasteiger charge is -2.09. The molecule has 1 aromatic heterocycles. The van der Waals surface area contributed by atoms with Crippen LogP contribution >= 0.6 is 0 Å². The molecule has 0 spiro atoms. The maximum atomic E-state index is 12.1. The molecule has 1 aliphatic heterocycles. The van der Waals surface area contributed by atoms with Crippen LogP contribution in [-0.4, -0.2) is 28.1 Å². The van der Waals surface area contributed by atoms with Gasteiger partial charge in [-0.05, 0) is 30.3 Å². The number of amides is 1. The van der Waals surface area contributed by atoms with Gasteiger partial charge in [-0.3, -0.25) is 14.5 Å². The van der Waals surface area contributed by atoms with E-state index in [0.717, 1.165) is 24.3 Å². The number of rotatable bonds is 2. The average Bonchev–Trinajstić information content (AvgIpc) is 2.81. The fourth-order valence-corrected chi connectivity index (χ4v) is 2.36. The Morgan fingerprint density at radius 3 is 2.90 bits per heavy atom.